The maximum atomic E-state index is 11.9. The molecule has 0 spiro atoms. The minimum atomic E-state index is -0.408. The van der Waals surface area contributed by atoms with Gasteiger partial charge in [0.1, 0.15) is 5.69 Å². The van der Waals surface area contributed by atoms with Gasteiger partial charge in [-0.2, -0.15) is 4.98 Å². The van der Waals surface area contributed by atoms with Crippen LogP contribution in [0.4, 0.5) is 10.5 Å². The quantitative estimate of drug-likeness (QED) is 0.757. The van der Waals surface area contributed by atoms with Gasteiger partial charge in [0.2, 0.25) is 11.8 Å². The van der Waals surface area contributed by atoms with E-state index in [4.69, 9.17) is 4.74 Å². The second-order valence-corrected chi connectivity index (χ2v) is 5.89. The molecule has 9 heteroatoms. The lowest BCUT2D eigenvalue weighted by molar-refractivity contribution is -0.120. The third-order valence-corrected chi connectivity index (χ3v) is 4.17. The van der Waals surface area contributed by atoms with Crippen LogP contribution in [0.15, 0.2) is 48.7 Å². The molecule has 27 heavy (non-hydrogen) atoms. The molecule has 1 saturated heterocycles. The Bertz CT molecular complexity index is 998. The molecule has 9 nitrogen and oxygen atoms in total. The molecule has 1 aromatic carbocycles. The van der Waals surface area contributed by atoms with Gasteiger partial charge in [0.05, 0.1) is 13.3 Å². The van der Waals surface area contributed by atoms with Crippen molar-refractivity contribution >= 4 is 17.6 Å². The highest BCUT2D eigenvalue weighted by atomic mass is 16.5. The van der Waals surface area contributed by atoms with E-state index in [1.807, 2.05) is 30.3 Å². The minimum absolute atomic E-state index is 0.254. The van der Waals surface area contributed by atoms with E-state index in [0.29, 0.717) is 29.6 Å². The van der Waals surface area contributed by atoms with Crippen molar-refractivity contribution in [2.24, 2.45) is 0 Å². The number of carbonyl (C=O) groups excluding carboxylic acids is 2. The zero-order valence-corrected chi connectivity index (χ0v) is 14.5. The standard InChI is InChI=1S/C18H16N6O3/c1-27-17-4-2-3-15(19-17)24-11-14(21-22-24)12-5-7-13(8-6-12)23-10-9-16(25)20-18(23)26/h2-8,11H,9-10H2,1H3,(H,20,25,26). The molecule has 0 bridgehead atoms. The van der Waals surface area contributed by atoms with E-state index >= 15 is 0 Å². The first-order valence-electron chi connectivity index (χ1n) is 8.29. The van der Waals surface area contributed by atoms with E-state index in [1.165, 1.54) is 4.90 Å². The molecule has 136 valence electrons. The van der Waals surface area contributed by atoms with E-state index in [1.54, 1.807) is 30.1 Å². The number of aromatic nitrogens is 4. The number of benzene rings is 1. The van der Waals surface area contributed by atoms with Crippen molar-refractivity contribution in [2.45, 2.75) is 6.42 Å². The molecule has 0 unspecified atom stereocenters. The van der Waals surface area contributed by atoms with Gasteiger partial charge in [-0.05, 0) is 18.2 Å². The second kappa shape index (κ2) is 6.87. The van der Waals surface area contributed by atoms with Gasteiger partial charge in [0.25, 0.3) is 0 Å². The van der Waals surface area contributed by atoms with Crippen LogP contribution in [0.3, 0.4) is 0 Å². The first kappa shape index (κ1) is 16.7. The lowest BCUT2D eigenvalue weighted by Gasteiger charge is -2.26. The van der Waals surface area contributed by atoms with Crippen LogP contribution in [0.5, 0.6) is 5.88 Å². The van der Waals surface area contributed by atoms with Crippen molar-refractivity contribution in [1.29, 1.82) is 0 Å². The van der Waals surface area contributed by atoms with Crippen molar-refractivity contribution in [1.82, 2.24) is 25.3 Å². The monoisotopic (exact) mass is 364 g/mol. The Hall–Kier alpha value is -3.75. The molecule has 0 aliphatic carbocycles. The van der Waals surface area contributed by atoms with Crippen LogP contribution < -0.4 is 15.0 Å². The Morgan fingerprint density at radius 2 is 1.93 bits per heavy atom. The lowest BCUT2D eigenvalue weighted by atomic mass is 10.1. The molecule has 0 radical (unpaired) electrons. The third kappa shape index (κ3) is 3.34. The fraction of sp³-hybridized carbons (Fsp3) is 0.167. The summed E-state index contributed by atoms with van der Waals surface area (Å²) in [5.41, 5.74) is 2.23. The van der Waals surface area contributed by atoms with Crippen LogP contribution in [0.1, 0.15) is 6.42 Å². The number of nitrogens with zero attached hydrogens (tertiary/aromatic N) is 5. The molecule has 0 saturated carbocycles. The van der Waals surface area contributed by atoms with Crippen molar-refractivity contribution in [3.8, 4) is 23.0 Å². The van der Waals surface area contributed by atoms with Crippen molar-refractivity contribution in [3.63, 3.8) is 0 Å². The van der Waals surface area contributed by atoms with Crippen molar-refractivity contribution in [2.75, 3.05) is 18.6 Å². The summed E-state index contributed by atoms with van der Waals surface area (Å²) >= 11 is 0. The largest absolute Gasteiger partial charge is 0.481 e. The van der Waals surface area contributed by atoms with E-state index in [-0.39, 0.29) is 12.3 Å². The van der Waals surface area contributed by atoms with Crippen LogP contribution in [0.25, 0.3) is 17.1 Å². The topological polar surface area (TPSA) is 102 Å². The van der Waals surface area contributed by atoms with Gasteiger partial charge >= 0.3 is 6.03 Å². The van der Waals surface area contributed by atoms with Crippen molar-refractivity contribution in [3.05, 3.63) is 48.7 Å². The van der Waals surface area contributed by atoms with Crippen LogP contribution in [0.2, 0.25) is 0 Å². The average molecular weight is 364 g/mol. The molecule has 1 fully saturated rings. The number of methoxy groups -OCH3 is 1. The molecule has 3 amide bonds. The van der Waals surface area contributed by atoms with E-state index in [0.717, 1.165) is 5.56 Å². The van der Waals surface area contributed by atoms with Crippen LogP contribution >= 0.6 is 0 Å². The summed E-state index contributed by atoms with van der Waals surface area (Å²) < 4.78 is 6.69. The number of ether oxygens (including phenoxy) is 1. The smallest absolute Gasteiger partial charge is 0.328 e. The molecule has 3 aromatic rings. The molecule has 1 N–H and O–H groups in total. The summed E-state index contributed by atoms with van der Waals surface area (Å²) in [7, 11) is 1.55. The summed E-state index contributed by atoms with van der Waals surface area (Å²) in [5, 5.41) is 10.6. The second-order valence-electron chi connectivity index (χ2n) is 5.89. The molecular formula is C18H16N6O3. The van der Waals surface area contributed by atoms with Crippen LogP contribution in [-0.4, -0.2) is 45.6 Å². The van der Waals surface area contributed by atoms with E-state index in [2.05, 4.69) is 20.6 Å². The number of rotatable bonds is 4. The predicted octanol–water partition coefficient (Wildman–Crippen LogP) is 1.78. The molecular weight excluding hydrogens is 348 g/mol. The summed E-state index contributed by atoms with van der Waals surface area (Å²) in [5.74, 6) is 0.835. The highest BCUT2D eigenvalue weighted by Crippen LogP contribution is 2.23. The predicted molar refractivity (Wildman–Crippen MR) is 96.6 cm³/mol. The van der Waals surface area contributed by atoms with E-state index < -0.39 is 6.03 Å². The SMILES string of the molecule is COc1cccc(-n2cc(-c3ccc(N4CCC(=O)NC4=O)cc3)nn2)n1. The average Bonchev–Trinajstić information content (AvgIpc) is 3.18. The van der Waals surface area contributed by atoms with Crippen LogP contribution in [-0.2, 0) is 4.79 Å². The molecule has 1 aliphatic rings. The number of nitrogens with one attached hydrogen (secondary N) is 1. The molecule has 2 aromatic heterocycles. The van der Waals surface area contributed by atoms with Gasteiger partial charge in [-0.25, -0.2) is 9.48 Å². The number of carbonyl (C=O) groups is 2. The maximum Gasteiger partial charge on any atom is 0.328 e. The Kier molecular flexibility index (Phi) is 4.25. The highest BCUT2D eigenvalue weighted by Gasteiger charge is 2.24. The lowest BCUT2D eigenvalue weighted by Crippen LogP contribution is -2.49. The first-order valence-corrected chi connectivity index (χ1v) is 8.29. The van der Waals surface area contributed by atoms with Gasteiger partial charge in [-0.15, -0.1) is 5.10 Å². The molecule has 1 aliphatic heterocycles. The Labute approximate surface area is 154 Å². The minimum Gasteiger partial charge on any atom is -0.481 e. The third-order valence-electron chi connectivity index (χ3n) is 4.17. The van der Waals surface area contributed by atoms with Gasteiger partial charge in [-0.3, -0.25) is 15.0 Å². The number of anilines is 1. The Balaban J connectivity index is 1.55. The van der Waals surface area contributed by atoms with Crippen LogP contribution in [0, 0.1) is 0 Å². The molecule has 3 heterocycles. The summed E-state index contributed by atoms with van der Waals surface area (Å²) in [6.45, 7) is 0.363. The summed E-state index contributed by atoms with van der Waals surface area (Å²) in [4.78, 5) is 29.0. The Morgan fingerprint density at radius 3 is 2.67 bits per heavy atom. The summed E-state index contributed by atoms with van der Waals surface area (Å²) in [6.07, 6.45) is 2.05. The normalized spacial score (nSPS) is 14.2. The van der Waals surface area contributed by atoms with Gasteiger partial charge in [0, 0.05) is 30.3 Å². The fourth-order valence-electron chi connectivity index (χ4n) is 2.78. The number of urea groups is 1. The van der Waals surface area contributed by atoms with Gasteiger partial charge in [0.15, 0.2) is 5.82 Å². The zero-order valence-electron chi connectivity index (χ0n) is 14.5. The first-order chi connectivity index (χ1) is 13.1. The number of hydrogen-bond acceptors (Lipinski definition) is 6. The summed E-state index contributed by atoms with van der Waals surface area (Å²) in [6, 6.07) is 12.3. The van der Waals surface area contributed by atoms with Gasteiger partial charge in [-0.1, -0.05) is 23.4 Å². The number of hydrogen-bond donors (Lipinski definition) is 1. The van der Waals surface area contributed by atoms with Crippen molar-refractivity contribution < 1.29 is 14.3 Å². The number of imide groups is 1. The van der Waals surface area contributed by atoms with E-state index in [9.17, 15) is 9.59 Å². The maximum absolute atomic E-state index is 11.9. The van der Waals surface area contributed by atoms with Gasteiger partial charge < -0.3 is 4.74 Å². The molecule has 4 rings (SSSR count). The number of amides is 3. The highest BCUT2D eigenvalue weighted by molar-refractivity contribution is 6.05. The zero-order chi connectivity index (χ0) is 18.8. The number of pyridine rings is 1. The fourth-order valence-corrected chi connectivity index (χ4v) is 2.78. The molecule has 0 atom stereocenters. The Morgan fingerprint density at radius 1 is 1.11 bits per heavy atom.